The number of hydrogen-bond acceptors (Lipinski definition) is 2. The van der Waals surface area contributed by atoms with Crippen molar-refractivity contribution in [3.63, 3.8) is 0 Å². The van der Waals surface area contributed by atoms with Gasteiger partial charge < -0.3 is 9.47 Å². The van der Waals surface area contributed by atoms with Gasteiger partial charge in [-0.05, 0) is 36.8 Å². The molecule has 0 radical (unpaired) electrons. The summed E-state index contributed by atoms with van der Waals surface area (Å²) in [6, 6.07) is 12.3. The van der Waals surface area contributed by atoms with Gasteiger partial charge in [0.25, 0.3) is 0 Å². The van der Waals surface area contributed by atoms with Crippen molar-refractivity contribution in [3.05, 3.63) is 65.6 Å². The molecule has 5 heteroatoms. The normalized spacial score (nSPS) is 13.4. The topological polar surface area (TPSA) is 43.1 Å². The van der Waals surface area contributed by atoms with E-state index in [2.05, 4.69) is 29.7 Å². The quantitative estimate of drug-likeness (QED) is 0.730. The maximum atomic E-state index is 11.7. The van der Waals surface area contributed by atoms with Crippen LogP contribution in [-0.4, -0.2) is 25.2 Å². The number of hydrogen-bond donors (Lipinski definition) is 0. The lowest BCUT2D eigenvalue weighted by atomic mass is 10.2. The fraction of sp³-hybridized carbons (Fsp3) is 0.222. The van der Waals surface area contributed by atoms with Crippen LogP contribution in [0.4, 0.5) is 0 Å². The summed E-state index contributed by atoms with van der Waals surface area (Å²) in [6.07, 6.45) is 4.03. The summed E-state index contributed by atoms with van der Waals surface area (Å²) in [5.41, 5.74) is 4.34. The van der Waals surface area contributed by atoms with Gasteiger partial charge in [-0.2, -0.15) is 5.10 Å². The van der Waals surface area contributed by atoms with Crippen molar-refractivity contribution in [2.75, 3.05) is 0 Å². The Morgan fingerprint density at radius 2 is 1.91 bits per heavy atom. The smallest absolute Gasteiger partial charge is 0.220 e. The Kier molecular flexibility index (Phi) is 3.08. The predicted molar refractivity (Wildman–Crippen MR) is 87.6 cm³/mol. The summed E-state index contributed by atoms with van der Waals surface area (Å²) in [4.78, 5) is 13.5. The van der Waals surface area contributed by atoms with Crippen molar-refractivity contribution in [2.45, 2.75) is 26.9 Å². The molecule has 0 aliphatic carbocycles. The molecule has 3 heterocycles. The van der Waals surface area contributed by atoms with Crippen LogP contribution >= 0.6 is 0 Å². The summed E-state index contributed by atoms with van der Waals surface area (Å²) >= 11 is 0. The van der Waals surface area contributed by atoms with Gasteiger partial charge in [-0.1, -0.05) is 12.1 Å². The molecule has 0 bridgehead atoms. The zero-order valence-corrected chi connectivity index (χ0v) is 13.2. The zero-order chi connectivity index (χ0) is 16.0. The molecule has 0 unspecified atom stereocenters. The van der Waals surface area contributed by atoms with Crippen LogP contribution in [0.25, 0.3) is 11.5 Å². The van der Waals surface area contributed by atoms with E-state index in [0.717, 1.165) is 22.8 Å². The number of aromatic nitrogens is 3. The molecular weight excluding hydrogens is 288 g/mol. The van der Waals surface area contributed by atoms with Crippen molar-refractivity contribution < 1.29 is 4.79 Å². The van der Waals surface area contributed by atoms with Crippen LogP contribution in [0.15, 0.2) is 48.8 Å². The Morgan fingerprint density at radius 3 is 2.61 bits per heavy atom. The minimum absolute atomic E-state index is 0.0866. The van der Waals surface area contributed by atoms with Gasteiger partial charge >= 0.3 is 0 Å². The van der Waals surface area contributed by atoms with Gasteiger partial charge in [0.1, 0.15) is 5.82 Å². The van der Waals surface area contributed by atoms with Gasteiger partial charge in [-0.3, -0.25) is 4.79 Å². The summed E-state index contributed by atoms with van der Waals surface area (Å²) in [5, 5.41) is 4.79. The highest BCUT2D eigenvalue weighted by Crippen LogP contribution is 2.30. The lowest BCUT2D eigenvalue weighted by molar-refractivity contribution is -0.129. The van der Waals surface area contributed by atoms with E-state index in [1.54, 1.807) is 6.92 Å². The van der Waals surface area contributed by atoms with E-state index in [1.807, 2.05) is 40.2 Å². The number of benzene rings is 1. The molecule has 23 heavy (non-hydrogen) atoms. The van der Waals surface area contributed by atoms with Crippen molar-refractivity contribution in [1.82, 2.24) is 19.2 Å². The fourth-order valence-corrected chi connectivity index (χ4v) is 3.11. The molecule has 2 aromatic heterocycles. The van der Waals surface area contributed by atoms with Crippen LogP contribution in [0.3, 0.4) is 0 Å². The highest BCUT2D eigenvalue weighted by molar-refractivity contribution is 5.74. The molecule has 0 saturated heterocycles. The predicted octanol–water partition coefficient (Wildman–Crippen LogP) is 2.83. The molecule has 5 nitrogen and oxygen atoms in total. The maximum absolute atomic E-state index is 11.7. The Morgan fingerprint density at radius 1 is 1.13 bits per heavy atom. The molecule has 0 spiro atoms. The third-order valence-electron chi connectivity index (χ3n) is 4.27. The number of rotatable bonds is 2. The Hall–Kier alpha value is -2.82. The van der Waals surface area contributed by atoms with Crippen LogP contribution in [-0.2, 0) is 17.9 Å². The summed E-state index contributed by atoms with van der Waals surface area (Å²) in [6.45, 7) is 4.88. The van der Waals surface area contributed by atoms with Crippen molar-refractivity contribution in [1.29, 1.82) is 0 Å². The molecule has 1 amide bonds. The van der Waals surface area contributed by atoms with E-state index in [4.69, 9.17) is 5.10 Å². The first-order valence-corrected chi connectivity index (χ1v) is 7.70. The molecule has 0 saturated carbocycles. The van der Waals surface area contributed by atoms with E-state index in [1.165, 1.54) is 5.56 Å². The van der Waals surface area contributed by atoms with Gasteiger partial charge in [0.2, 0.25) is 5.91 Å². The monoisotopic (exact) mass is 306 g/mol. The van der Waals surface area contributed by atoms with Crippen LogP contribution in [0.1, 0.15) is 23.7 Å². The van der Waals surface area contributed by atoms with E-state index in [-0.39, 0.29) is 5.91 Å². The minimum Gasteiger partial charge on any atom is -0.332 e. The number of aryl methyl sites for hydroxylation is 1. The first kappa shape index (κ1) is 13.8. The maximum Gasteiger partial charge on any atom is 0.220 e. The molecule has 4 rings (SSSR count). The molecule has 0 fully saturated rings. The van der Waals surface area contributed by atoms with Crippen LogP contribution < -0.4 is 0 Å². The summed E-state index contributed by atoms with van der Waals surface area (Å²) in [7, 11) is 0. The van der Waals surface area contributed by atoms with E-state index in [9.17, 15) is 4.79 Å². The highest BCUT2D eigenvalue weighted by atomic mass is 16.2. The molecular formula is C18H18N4O. The van der Waals surface area contributed by atoms with Gasteiger partial charge in [0.05, 0.1) is 24.5 Å². The molecule has 0 N–H and O–H groups in total. The van der Waals surface area contributed by atoms with Gasteiger partial charge in [-0.25, -0.2) is 4.68 Å². The summed E-state index contributed by atoms with van der Waals surface area (Å²) in [5.74, 6) is 1.10. The van der Waals surface area contributed by atoms with Crippen molar-refractivity contribution in [2.24, 2.45) is 0 Å². The SMILES string of the molecule is CC(=O)N1Cc2nn(-c3cccc(C)c3)c(-n3cccc3)c2C1. The van der Waals surface area contributed by atoms with E-state index < -0.39 is 0 Å². The number of fused-ring (bicyclic) bond motifs is 1. The first-order chi connectivity index (χ1) is 11.1. The Bertz CT molecular complexity index is 877. The van der Waals surface area contributed by atoms with E-state index >= 15 is 0 Å². The molecule has 116 valence electrons. The van der Waals surface area contributed by atoms with Crippen LogP contribution in [0.5, 0.6) is 0 Å². The van der Waals surface area contributed by atoms with Crippen molar-refractivity contribution in [3.8, 4) is 11.5 Å². The third-order valence-corrected chi connectivity index (χ3v) is 4.27. The fourth-order valence-electron chi connectivity index (χ4n) is 3.11. The Labute approximate surface area is 134 Å². The van der Waals surface area contributed by atoms with Crippen LogP contribution in [0, 0.1) is 6.92 Å². The molecule has 1 aliphatic rings. The standard InChI is InChI=1S/C18H18N4O/c1-13-6-5-7-15(10-13)22-18(20-8-3-4-9-20)16-11-21(14(2)23)12-17(16)19-22/h3-10H,11-12H2,1-2H3. The average Bonchev–Trinajstić information content (AvgIpc) is 3.22. The molecule has 0 atom stereocenters. The average molecular weight is 306 g/mol. The van der Waals surface area contributed by atoms with Crippen LogP contribution in [0.2, 0.25) is 0 Å². The second kappa shape index (κ2) is 5.12. The van der Waals surface area contributed by atoms with Gasteiger partial charge in [0, 0.05) is 24.9 Å². The number of carbonyl (C=O) groups excluding carboxylic acids is 1. The largest absolute Gasteiger partial charge is 0.332 e. The van der Waals surface area contributed by atoms with Crippen molar-refractivity contribution >= 4 is 5.91 Å². The Balaban J connectivity index is 1.89. The second-order valence-corrected chi connectivity index (χ2v) is 5.97. The second-order valence-electron chi connectivity index (χ2n) is 5.97. The van der Waals surface area contributed by atoms with Gasteiger partial charge in [0.15, 0.2) is 0 Å². The number of carbonyl (C=O) groups is 1. The number of nitrogens with zero attached hydrogens (tertiary/aromatic N) is 4. The number of amides is 1. The molecule has 1 aromatic carbocycles. The lowest BCUT2D eigenvalue weighted by Gasteiger charge is -2.15. The first-order valence-electron chi connectivity index (χ1n) is 7.70. The summed E-state index contributed by atoms with van der Waals surface area (Å²) < 4.78 is 4.05. The molecule has 1 aliphatic heterocycles. The molecule has 3 aromatic rings. The lowest BCUT2D eigenvalue weighted by Crippen LogP contribution is -2.23. The zero-order valence-electron chi connectivity index (χ0n) is 13.2. The van der Waals surface area contributed by atoms with E-state index in [0.29, 0.717) is 13.1 Å². The highest BCUT2D eigenvalue weighted by Gasteiger charge is 2.29. The minimum atomic E-state index is 0.0866. The van der Waals surface area contributed by atoms with Gasteiger partial charge in [-0.15, -0.1) is 0 Å². The third kappa shape index (κ3) is 2.25.